The van der Waals surface area contributed by atoms with Crippen LogP contribution in [0.3, 0.4) is 0 Å². The van der Waals surface area contributed by atoms with Crippen molar-refractivity contribution in [2.75, 3.05) is 12.4 Å². The van der Waals surface area contributed by atoms with Crippen LogP contribution in [0.1, 0.15) is 26.2 Å². The van der Waals surface area contributed by atoms with E-state index < -0.39 is 14.9 Å². The lowest BCUT2D eigenvalue weighted by atomic mass is 10.2. The minimum Gasteiger partial charge on any atom is -0.383 e. The Bertz CT molecular complexity index is 641. The van der Waals surface area contributed by atoms with Crippen LogP contribution in [0.2, 0.25) is 0 Å². The van der Waals surface area contributed by atoms with Gasteiger partial charge in [0.2, 0.25) is 10.0 Å². The summed E-state index contributed by atoms with van der Waals surface area (Å²) in [6.07, 6.45) is 3.10. The van der Waals surface area contributed by atoms with Gasteiger partial charge in [-0.1, -0.05) is 12.8 Å². The first-order valence-electron chi connectivity index (χ1n) is 6.82. The number of rotatable bonds is 7. The molecule has 1 fully saturated rings. The second-order valence-corrected chi connectivity index (χ2v) is 7.10. The second-order valence-electron chi connectivity index (χ2n) is 5.39. The summed E-state index contributed by atoms with van der Waals surface area (Å²) in [7, 11) is -2.19. The van der Waals surface area contributed by atoms with Gasteiger partial charge in [0, 0.05) is 19.2 Å². The summed E-state index contributed by atoms with van der Waals surface area (Å²) < 4.78 is 27.1. The molecule has 1 aromatic carbocycles. The van der Waals surface area contributed by atoms with Gasteiger partial charge in [-0.2, -0.15) is 0 Å². The number of sulfonamides is 1. The van der Waals surface area contributed by atoms with Crippen molar-refractivity contribution < 1.29 is 13.3 Å². The normalized spacial score (nSPS) is 16.5. The van der Waals surface area contributed by atoms with Gasteiger partial charge in [-0.15, -0.1) is 0 Å². The van der Waals surface area contributed by atoms with E-state index in [1.807, 2.05) is 6.92 Å². The molecule has 0 amide bonds. The number of nitro groups is 1. The molecule has 0 aromatic heterocycles. The van der Waals surface area contributed by atoms with E-state index >= 15 is 0 Å². The molecule has 21 heavy (non-hydrogen) atoms. The van der Waals surface area contributed by atoms with E-state index in [4.69, 9.17) is 0 Å². The van der Waals surface area contributed by atoms with Crippen molar-refractivity contribution in [1.29, 1.82) is 0 Å². The van der Waals surface area contributed by atoms with Gasteiger partial charge in [0.25, 0.3) is 5.69 Å². The third-order valence-electron chi connectivity index (χ3n) is 3.49. The zero-order valence-corrected chi connectivity index (χ0v) is 12.8. The van der Waals surface area contributed by atoms with Gasteiger partial charge in [0.05, 0.1) is 9.82 Å². The number of benzene rings is 1. The molecule has 1 saturated carbocycles. The number of hydrogen-bond acceptors (Lipinski definition) is 5. The smallest absolute Gasteiger partial charge is 0.293 e. The van der Waals surface area contributed by atoms with Crippen LogP contribution in [0.4, 0.5) is 11.4 Å². The second kappa shape index (κ2) is 5.98. The molecule has 2 N–H and O–H groups in total. The summed E-state index contributed by atoms with van der Waals surface area (Å²) >= 11 is 0. The zero-order valence-electron chi connectivity index (χ0n) is 12.0. The first-order valence-corrected chi connectivity index (χ1v) is 8.30. The Hall–Kier alpha value is -1.67. The first kappa shape index (κ1) is 15.7. The molecule has 0 bridgehead atoms. The van der Waals surface area contributed by atoms with Gasteiger partial charge >= 0.3 is 0 Å². The average molecular weight is 313 g/mol. The molecule has 8 heteroatoms. The first-order chi connectivity index (χ1) is 9.83. The molecule has 0 radical (unpaired) electrons. The Morgan fingerprint density at radius 1 is 1.43 bits per heavy atom. The van der Waals surface area contributed by atoms with Crippen LogP contribution >= 0.6 is 0 Å². The van der Waals surface area contributed by atoms with Crippen LogP contribution in [-0.4, -0.2) is 26.4 Å². The number of nitro benzene ring substituents is 1. The predicted molar refractivity (Wildman–Crippen MR) is 79.8 cm³/mol. The zero-order chi connectivity index (χ0) is 15.6. The fourth-order valence-corrected chi connectivity index (χ4v) is 3.55. The van der Waals surface area contributed by atoms with Crippen molar-refractivity contribution in [2.45, 2.75) is 37.1 Å². The van der Waals surface area contributed by atoms with E-state index in [1.165, 1.54) is 12.1 Å². The fourth-order valence-electron chi connectivity index (χ4n) is 2.28. The maximum absolute atomic E-state index is 12.3. The molecule has 0 heterocycles. The van der Waals surface area contributed by atoms with Crippen molar-refractivity contribution >= 4 is 21.4 Å². The van der Waals surface area contributed by atoms with Crippen LogP contribution in [0, 0.1) is 16.0 Å². The van der Waals surface area contributed by atoms with Gasteiger partial charge in [0.1, 0.15) is 5.69 Å². The molecule has 1 aromatic rings. The maximum atomic E-state index is 12.3. The number of hydrogen-bond donors (Lipinski definition) is 2. The molecule has 116 valence electrons. The van der Waals surface area contributed by atoms with Crippen LogP contribution in [0.5, 0.6) is 0 Å². The average Bonchev–Trinajstić information content (AvgIpc) is 3.20. The van der Waals surface area contributed by atoms with Gasteiger partial charge < -0.3 is 5.32 Å². The highest BCUT2D eigenvalue weighted by Crippen LogP contribution is 2.34. The maximum Gasteiger partial charge on any atom is 0.293 e. The Balaban J connectivity index is 2.22. The Morgan fingerprint density at radius 3 is 2.62 bits per heavy atom. The van der Waals surface area contributed by atoms with Gasteiger partial charge in [0.15, 0.2) is 0 Å². The van der Waals surface area contributed by atoms with Gasteiger partial charge in [-0.05, 0) is 31.4 Å². The van der Waals surface area contributed by atoms with E-state index in [2.05, 4.69) is 10.0 Å². The molecule has 1 unspecified atom stereocenters. The molecule has 1 aliphatic carbocycles. The van der Waals surface area contributed by atoms with Crippen molar-refractivity contribution in [2.24, 2.45) is 5.92 Å². The van der Waals surface area contributed by atoms with Crippen molar-refractivity contribution in [3.05, 3.63) is 28.3 Å². The number of nitrogens with zero attached hydrogens (tertiary/aromatic N) is 1. The highest BCUT2D eigenvalue weighted by atomic mass is 32.2. The SMILES string of the molecule is CNc1ccc(S(=O)(=O)NC(C)CC2CC2)cc1[N+](=O)[O-]. The highest BCUT2D eigenvalue weighted by Gasteiger charge is 2.27. The Labute approximate surface area is 123 Å². The van der Waals surface area contributed by atoms with E-state index in [-0.39, 0.29) is 22.3 Å². The van der Waals surface area contributed by atoms with Crippen molar-refractivity contribution in [3.63, 3.8) is 0 Å². The van der Waals surface area contributed by atoms with Gasteiger partial charge in [-0.25, -0.2) is 13.1 Å². The number of nitrogens with one attached hydrogen (secondary N) is 2. The molecule has 0 aliphatic heterocycles. The molecule has 0 spiro atoms. The highest BCUT2D eigenvalue weighted by molar-refractivity contribution is 7.89. The lowest BCUT2D eigenvalue weighted by molar-refractivity contribution is -0.384. The summed E-state index contributed by atoms with van der Waals surface area (Å²) in [6.45, 7) is 1.81. The summed E-state index contributed by atoms with van der Waals surface area (Å²) in [5.41, 5.74) is 0.0280. The molecular formula is C13H19N3O4S. The summed E-state index contributed by atoms with van der Waals surface area (Å²) in [6, 6.07) is 3.67. The number of anilines is 1. The van der Waals surface area contributed by atoms with E-state index in [0.717, 1.165) is 25.3 Å². The van der Waals surface area contributed by atoms with Gasteiger partial charge in [-0.3, -0.25) is 10.1 Å². The molecule has 2 rings (SSSR count). The molecule has 1 atom stereocenters. The van der Waals surface area contributed by atoms with E-state index in [9.17, 15) is 18.5 Å². The lowest BCUT2D eigenvalue weighted by Gasteiger charge is -2.14. The Kier molecular flexibility index (Phi) is 4.48. The quantitative estimate of drug-likeness (QED) is 0.593. The van der Waals surface area contributed by atoms with Crippen LogP contribution in [0.25, 0.3) is 0 Å². The molecule has 0 saturated heterocycles. The molecule has 7 nitrogen and oxygen atoms in total. The monoisotopic (exact) mass is 313 g/mol. The molecule has 1 aliphatic rings. The summed E-state index contributed by atoms with van der Waals surface area (Å²) in [5, 5.41) is 13.7. The van der Waals surface area contributed by atoms with Crippen LogP contribution < -0.4 is 10.0 Å². The topological polar surface area (TPSA) is 101 Å². The minimum absolute atomic E-state index is 0.0872. The van der Waals surface area contributed by atoms with Crippen LogP contribution in [0.15, 0.2) is 23.1 Å². The third kappa shape index (κ3) is 3.92. The third-order valence-corrected chi connectivity index (χ3v) is 5.07. The van der Waals surface area contributed by atoms with Crippen LogP contribution in [-0.2, 0) is 10.0 Å². The minimum atomic E-state index is -3.74. The largest absolute Gasteiger partial charge is 0.383 e. The van der Waals surface area contributed by atoms with E-state index in [1.54, 1.807) is 7.05 Å². The molecular weight excluding hydrogens is 294 g/mol. The van der Waals surface area contributed by atoms with Crippen molar-refractivity contribution in [1.82, 2.24) is 4.72 Å². The fraction of sp³-hybridized carbons (Fsp3) is 0.538. The lowest BCUT2D eigenvalue weighted by Crippen LogP contribution is -2.33. The van der Waals surface area contributed by atoms with Crippen molar-refractivity contribution in [3.8, 4) is 0 Å². The Morgan fingerprint density at radius 2 is 2.10 bits per heavy atom. The van der Waals surface area contributed by atoms with E-state index in [0.29, 0.717) is 5.92 Å². The standard InChI is InChI=1S/C13H19N3O4S/c1-9(7-10-3-4-10)15-21(19,20)11-5-6-12(14-2)13(8-11)16(17)18/h5-6,8-10,14-15H,3-4,7H2,1-2H3. The summed E-state index contributed by atoms with van der Waals surface area (Å²) in [5.74, 6) is 0.601. The summed E-state index contributed by atoms with van der Waals surface area (Å²) in [4.78, 5) is 10.3. The predicted octanol–water partition coefficient (Wildman–Crippen LogP) is 2.10.